The van der Waals surface area contributed by atoms with Crippen LogP contribution in [0.2, 0.25) is 0 Å². The summed E-state index contributed by atoms with van der Waals surface area (Å²) in [5, 5.41) is 12.1. The number of carbonyl (C=O) groups is 1. The normalized spacial score (nSPS) is 10.4. The van der Waals surface area contributed by atoms with Crippen LogP contribution in [0.1, 0.15) is 12.7 Å². The first-order valence-corrected chi connectivity index (χ1v) is 8.09. The number of benzene rings is 1. The van der Waals surface area contributed by atoms with Gasteiger partial charge in [0.2, 0.25) is 5.91 Å². The lowest BCUT2D eigenvalue weighted by molar-refractivity contribution is -0.118. The van der Waals surface area contributed by atoms with Crippen LogP contribution in [0.3, 0.4) is 0 Å². The van der Waals surface area contributed by atoms with Gasteiger partial charge in [0.25, 0.3) is 0 Å². The fraction of sp³-hybridized carbons (Fsp3) is 0.357. The maximum Gasteiger partial charge on any atom is 0.244 e. The molecule has 0 saturated heterocycles. The number of hydrogen-bond donors (Lipinski definition) is 3. The Kier molecular flexibility index (Phi) is 6.24. The summed E-state index contributed by atoms with van der Waals surface area (Å²) in [5.41, 5.74) is 3.05. The Balaban J connectivity index is 1.90. The van der Waals surface area contributed by atoms with E-state index in [1.165, 1.54) is 11.8 Å². The minimum atomic E-state index is -0.257. The van der Waals surface area contributed by atoms with Crippen LogP contribution in [0, 0.1) is 0 Å². The number of nitrogens with one attached hydrogen (secondary N) is 2. The number of rotatable bonds is 8. The smallest absolute Gasteiger partial charge is 0.244 e. The molecule has 0 spiro atoms. The molecule has 4 N–H and O–H groups in total. The first-order valence-electron chi connectivity index (χ1n) is 7.11. The number of aromatic nitrogens is 3. The first-order chi connectivity index (χ1) is 11.1. The van der Waals surface area contributed by atoms with Crippen molar-refractivity contribution in [3.8, 4) is 5.75 Å². The van der Waals surface area contributed by atoms with Crippen LogP contribution in [-0.4, -0.2) is 33.0 Å². The van der Waals surface area contributed by atoms with E-state index in [0.29, 0.717) is 18.3 Å². The van der Waals surface area contributed by atoms with Crippen LogP contribution in [-0.2, 0) is 18.4 Å². The monoisotopic (exact) mass is 336 g/mol. The van der Waals surface area contributed by atoms with E-state index >= 15 is 0 Å². The molecular weight excluding hydrogens is 316 g/mol. The third-order valence-electron chi connectivity index (χ3n) is 3.03. The number of ether oxygens (including phenoxy) is 1. The molecule has 23 heavy (non-hydrogen) atoms. The zero-order chi connectivity index (χ0) is 16.7. The summed E-state index contributed by atoms with van der Waals surface area (Å²) in [6.45, 7) is 3.13. The number of hydrogen-bond acceptors (Lipinski definition) is 7. The van der Waals surface area contributed by atoms with Gasteiger partial charge in [0.05, 0.1) is 18.9 Å². The predicted octanol–water partition coefficient (Wildman–Crippen LogP) is 0.908. The number of thioether (sulfide) groups is 1. The topological polar surface area (TPSA) is 107 Å². The van der Waals surface area contributed by atoms with Gasteiger partial charge in [0.15, 0.2) is 11.0 Å². The summed E-state index contributed by atoms with van der Waals surface area (Å²) in [6, 6.07) is 7.72. The third kappa shape index (κ3) is 4.86. The molecule has 0 aliphatic heterocycles. The van der Waals surface area contributed by atoms with Gasteiger partial charge >= 0.3 is 0 Å². The summed E-state index contributed by atoms with van der Waals surface area (Å²) < 4.78 is 7.25. The van der Waals surface area contributed by atoms with Gasteiger partial charge < -0.3 is 14.6 Å². The van der Waals surface area contributed by atoms with Crippen molar-refractivity contribution in [2.75, 3.05) is 17.7 Å². The molecule has 8 nitrogen and oxygen atoms in total. The summed E-state index contributed by atoms with van der Waals surface area (Å²) in [7, 11) is 1.86. The van der Waals surface area contributed by atoms with Gasteiger partial charge in [-0.3, -0.25) is 10.2 Å². The third-order valence-corrected chi connectivity index (χ3v) is 4.05. The molecule has 2 aromatic rings. The van der Waals surface area contributed by atoms with Crippen molar-refractivity contribution < 1.29 is 9.53 Å². The Morgan fingerprint density at radius 2 is 2.09 bits per heavy atom. The first kappa shape index (κ1) is 17.1. The largest absolute Gasteiger partial charge is 0.494 e. The van der Waals surface area contributed by atoms with E-state index in [-0.39, 0.29) is 11.7 Å². The van der Waals surface area contributed by atoms with Crippen molar-refractivity contribution in [3.63, 3.8) is 0 Å². The van der Waals surface area contributed by atoms with E-state index < -0.39 is 0 Å². The molecule has 1 aromatic carbocycles. The molecule has 0 saturated carbocycles. The second kappa shape index (κ2) is 8.39. The molecule has 1 amide bonds. The van der Waals surface area contributed by atoms with Crippen molar-refractivity contribution in [2.45, 2.75) is 18.6 Å². The number of hydrazine groups is 1. The van der Waals surface area contributed by atoms with E-state index in [0.717, 1.165) is 17.3 Å². The zero-order valence-corrected chi connectivity index (χ0v) is 13.9. The van der Waals surface area contributed by atoms with Gasteiger partial charge in [-0.1, -0.05) is 11.8 Å². The van der Waals surface area contributed by atoms with Crippen LogP contribution in [0.5, 0.6) is 5.75 Å². The molecule has 0 aliphatic carbocycles. The number of anilines is 1. The highest BCUT2D eigenvalue weighted by Gasteiger charge is 2.10. The van der Waals surface area contributed by atoms with Crippen molar-refractivity contribution in [1.29, 1.82) is 0 Å². The maximum absolute atomic E-state index is 11.2. The second-order valence-corrected chi connectivity index (χ2v) is 5.57. The summed E-state index contributed by atoms with van der Waals surface area (Å²) in [6.07, 6.45) is 0. The Morgan fingerprint density at radius 1 is 1.35 bits per heavy atom. The lowest BCUT2D eigenvalue weighted by atomic mass is 10.3. The van der Waals surface area contributed by atoms with Crippen LogP contribution in [0.15, 0.2) is 29.4 Å². The van der Waals surface area contributed by atoms with E-state index in [4.69, 9.17) is 10.6 Å². The summed E-state index contributed by atoms with van der Waals surface area (Å²) in [5.74, 6) is 6.61. The van der Waals surface area contributed by atoms with Crippen molar-refractivity contribution in [3.05, 3.63) is 30.1 Å². The van der Waals surface area contributed by atoms with E-state index in [1.54, 1.807) is 0 Å². The quantitative estimate of drug-likeness (QED) is 0.285. The molecule has 2 rings (SSSR count). The van der Waals surface area contributed by atoms with Gasteiger partial charge in [0, 0.05) is 12.7 Å². The summed E-state index contributed by atoms with van der Waals surface area (Å²) in [4.78, 5) is 11.2. The number of amides is 1. The number of nitrogens with zero attached hydrogens (tertiary/aromatic N) is 3. The standard InChI is InChI=1S/C14H20N6O2S/c1-3-22-11-6-4-10(5-7-11)16-8-12-18-19-14(20(12)2)23-9-13(21)17-15/h4-7,16H,3,8-9,15H2,1-2H3,(H,17,21). The van der Waals surface area contributed by atoms with E-state index in [9.17, 15) is 4.79 Å². The van der Waals surface area contributed by atoms with Crippen molar-refractivity contribution >= 4 is 23.4 Å². The molecule has 9 heteroatoms. The SMILES string of the molecule is CCOc1ccc(NCc2nnc(SCC(=O)NN)n2C)cc1. The molecule has 0 fully saturated rings. The molecule has 124 valence electrons. The fourth-order valence-corrected chi connectivity index (χ4v) is 2.55. The minimum Gasteiger partial charge on any atom is -0.494 e. The fourth-order valence-electron chi connectivity index (χ4n) is 1.81. The average molecular weight is 336 g/mol. The molecule has 1 heterocycles. The Morgan fingerprint density at radius 3 is 2.74 bits per heavy atom. The van der Waals surface area contributed by atoms with Crippen molar-refractivity contribution in [1.82, 2.24) is 20.2 Å². The summed E-state index contributed by atoms with van der Waals surface area (Å²) >= 11 is 1.28. The van der Waals surface area contributed by atoms with Crippen molar-refractivity contribution in [2.24, 2.45) is 12.9 Å². The zero-order valence-electron chi connectivity index (χ0n) is 13.1. The molecule has 1 aromatic heterocycles. The maximum atomic E-state index is 11.2. The van der Waals surface area contributed by atoms with Gasteiger partial charge in [-0.2, -0.15) is 0 Å². The molecular formula is C14H20N6O2S. The van der Waals surface area contributed by atoms with Gasteiger partial charge in [-0.05, 0) is 31.2 Å². The predicted molar refractivity (Wildman–Crippen MR) is 89.0 cm³/mol. The lowest BCUT2D eigenvalue weighted by Gasteiger charge is -2.08. The Labute approximate surface area is 138 Å². The van der Waals surface area contributed by atoms with Crippen LogP contribution >= 0.6 is 11.8 Å². The number of nitrogens with two attached hydrogens (primary N) is 1. The Bertz CT molecular complexity index is 643. The van der Waals surface area contributed by atoms with E-state index in [1.807, 2.05) is 42.8 Å². The van der Waals surface area contributed by atoms with Gasteiger partial charge in [0.1, 0.15) is 5.75 Å². The highest BCUT2D eigenvalue weighted by molar-refractivity contribution is 7.99. The second-order valence-electron chi connectivity index (χ2n) is 4.62. The average Bonchev–Trinajstić information content (AvgIpc) is 2.92. The van der Waals surface area contributed by atoms with Gasteiger partial charge in [-0.15, -0.1) is 10.2 Å². The molecule has 0 bridgehead atoms. The molecule has 0 radical (unpaired) electrons. The van der Waals surface area contributed by atoms with Crippen LogP contribution in [0.4, 0.5) is 5.69 Å². The Hall–Kier alpha value is -2.26. The molecule has 0 atom stereocenters. The van der Waals surface area contributed by atoms with Crippen LogP contribution in [0.25, 0.3) is 0 Å². The highest BCUT2D eigenvalue weighted by Crippen LogP contribution is 2.18. The van der Waals surface area contributed by atoms with Gasteiger partial charge in [-0.25, -0.2) is 5.84 Å². The lowest BCUT2D eigenvalue weighted by Crippen LogP contribution is -2.31. The molecule has 0 aliphatic rings. The van der Waals surface area contributed by atoms with Crippen LogP contribution < -0.4 is 21.3 Å². The van der Waals surface area contributed by atoms with E-state index in [2.05, 4.69) is 20.9 Å². The number of carbonyl (C=O) groups excluding carboxylic acids is 1. The highest BCUT2D eigenvalue weighted by atomic mass is 32.2. The molecule has 0 unspecified atom stereocenters. The minimum absolute atomic E-state index is 0.203.